The SMILES string of the molecule is CCC(C)(C)NCCOCCN1CCN(CCOCCNCC(C)(C)C)CC1. The van der Waals surface area contributed by atoms with Crippen LogP contribution in [0.3, 0.4) is 0 Å². The van der Waals surface area contributed by atoms with Crippen molar-refractivity contribution in [2.24, 2.45) is 5.41 Å². The highest BCUT2D eigenvalue weighted by molar-refractivity contribution is 4.75. The van der Waals surface area contributed by atoms with E-state index in [1.54, 1.807) is 0 Å². The Labute approximate surface area is 174 Å². The summed E-state index contributed by atoms with van der Waals surface area (Å²) in [5.41, 5.74) is 0.555. The molecule has 168 valence electrons. The minimum absolute atomic E-state index is 0.215. The summed E-state index contributed by atoms with van der Waals surface area (Å²) in [5.74, 6) is 0. The number of ether oxygens (including phenoxy) is 2. The fraction of sp³-hybridized carbons (Fsp3) is 1.00. The van der Waals surface area contributed by atoms with Crippen molar-refractivity contribution in [2.45, 2.75) is 53.5 Å². The fourth-order valence-corrected chi connectivity index (χ4v) is 3.02. The fourth-order valence-electron chi connectivity index (χ4n) is 3.02. The zero-order valence-corrected chi connectivity index (χ0v) is 19.6. The Balaban J connectivity index is 1.91. The number of nitrogens with zero attached hydrogens (tertiary/aromatic N) is 2. The van der Waals surface area contributed by atoms with Crippen molar-refractivity contribution < 1.29 is 9.47 Å². The molecule has 0 amide bonds. The summed E-state index contributed by atoms with van der Waals surface area (Å²) in [6, 6.07) is 0. The molecule has 0 aromatic carbocycles. The monoisotopic (exact) mass is 400 g/mol. The van der Waals surface area contributed by atoms with Crippen molar-refractivity contribution in [2.75, 3.05) is 85.3 Å². The van der Waals surface area contributed by atoms with Crippen LogP contribution in [0.1, 0.15) is 48.0 Å². The van der Waals surface area contributed by atoms with Crippen LogP contribution in [0.25, 0.3) is 0 Å². The van der Waals surface area contributed by atoms with Crippen LogP contribution in [0.2, 0.25) is 0 Å². The molecule has 1 rings (SSSR count). The average molecular weight is 401 g/mol. The molecule has 0 saturated carbocycles. The van der Waals surface area contributed by atoms with Crippen molar-refractivity contribution in [3.05, 3.63) is 0 Å². The maximum Gasteiger partial charge on any atom is 0.0594 e. The van der Waals surface area contributed by atoms with Crippen molar-refractivity contribution in [3.8, 4) is 0 Å². The van der Waals surface area contributed by atoms with Crippen LogP contribution >= 0.6 is 0 Å². The molecule has 0 radical (unpaired) electrons. The largest absolute Gasteiger partial charge is 0.379 e. The first kappa shape index (κ1) is 25.8. The number of rotatable bonds is 15. The quantitative estimate of drug-likeness (QED) is 0.410. The number of hydrogen-bond acceptors (Lipinski definition) is 6. The predicted octanol–water partition coefficient (Wildman–Crippen LogP) is 2.05. The van der Waals surface area contributed by atoms with E-state index in [1.165, 1.54) is 0 Å². The first-order valence-corrected chi connectivity index (χ1v) is 11.3. The first-order chi connectivity index (χ1) is 13.2. The van der Waals surface area contributed by atoms with Gasteiger partial charge in [-0.15, -0.1) is 0 Å². The second-order valence-corrected chi connectivity index (χ2v) is 9.81. The first-order valence-electron chi connectivity index (χ1n) is 11.3. The molecule has 0 aromatic rings. The summed E-state index contributed by atoms with van der Waals surface area (Å²) in [4.78, 5) is 5.02. The number of nitrogens with one attached hydrogen (secondary N) is 2. The molecule has 0 aromatic heterocycles. The third-order valence-corrected chi connectivity index (χ3v) is 5.38. The molecule has 1 aliphatic rings. The summed E-state index contributed by atoms with van der Waals surface area (Å²) >= 11 is 0. The second kappa shape index (κ2) is 13.9. The Bertz CT molecular complexity index is 377. The van der Waals surface area contributed by atoms with Gasteiger partial charge < -0.3 is 20.1 Å². The lowest BCUT2D eigenvalue weighted by Crippen LogP contribution is -2.48. The van der Waals surface area contributed by atoms with Crippen LogP contribution in [0.15, 0.2) is 0 Å². The summed E-state index contributed by atoms with van der Waals surface area (Å²) in [7, 11) is 0. The Morgan fingerprint density at radius 1 is 0.750 bits per heavy atom. The minimum Gasteiger partial charge on any atom is -0.379 e. The third kappa shape index (κ3) is 13.9. The third-order valence-electron chi connectivity index (χ3n) is 5.38. The summed E-state index contributed by atoms with van der Waals surface area (Å²) in [6.07, 6.45) is 1.14. The highest BCUT2D eigenvalue weighted by Crippen LogP contribution is 2.09. The van der Waals surface area contributed by atoms with Gasteiger partial charge in [0, 0.05) is 64.4 Å². The van der Waals surface area contributed by atoms with Crippen molar-refractivity contribution in [1.29, 1.82) is 0 Å². The predicted molar refractivity (Wildman–Crippen MR) is 119 cm³/mol. The van der Waals surface area contributed by atoms with Gasteiger partial charge in [0.2, 0.25) is 0 Å². The van der Waals surface area contributed by atoms with Gasteiger partial charge in [-0.3, -0.25) is 9.80 Å². The maximum atomic E-state index is 5.79. The van der Waals surface area contributed by atoms with Gasteiger partial charge in [0.05, 0.1) is 26.4 Å². The number of piperazine rings is 1. The average Bonchev–Trinajstić information content (AvgIpc) is 2.64. The Morgan fingerprint density at radius 3 is 1.71 bits per heavy atom. The van der Waals surface area contributed by atoms with Crippen molar-refractivity contribution >= 4 is 0 Å². The summed E-state index contributed by atoms with van der Waals surface area (Å²) in [5, 5.41) is 6.98. The molecule has 0 spiro atoms. The molecule has 0 atom stereocenters. The van der Waals surface area contributed by atoms with Crippen LogP contribution in [-0.2, 0) is 9.47 Å². The molecule has 1 heterocycles. The van der Waals surface area contributed by atoms with Gasteiger partial charge in [-0.25, -0.2) is 0 Å². The minimum atomic E-state index is 0.215. The topological polar surface area (TPSA) is 49.0 Å². The standard InChI is InChI=1S/C22H48N4O2/c1-7-22(5,6)24-9-17-28-19-15-26-12-10-25(11-13-26)14-18-27-16-8-23-20-21(2,3)4/h23-24H,7-20H2,1-6H3. The molecular weight excluding hydrogens is 352 g/mol. The van der Waals surface area contributed by atoms with E-state index in [0.29, 0.717) is 5.41 Å². The molecule has 1 saturated heterocycles. The van der Waals surface area contributed by atoms with Crippen LogP contribution in [0, 0.1) is 5.41 Å². The highest BCUT2D eigenvalue weighted by atomic mass is 16.5. The lowest BCUT2D eigenvalue weighted by atomic mass is 9.97. The zero-order valence-electron chi connectivity index (χ0n) is 19.6. The molecule has 6 nitrogen and oxygen atoms in total. The van der Waals surface area contributed by atoms with E-state index in [2.05, 4.69) is 62.0 Å². The maximum absolute atomic E-state index is 5.79. The summed E-state index contributed by atoms with van der Waals surface area (Å²) < 4.78 is 11.6. The molecule has 1 aliphatic heterocycles. The molecular formula is C22H48N4O2. The van der Waals surface area contributed by atoms with Gasteiger partial charge in [0.15, 0.2) is 0 Å². The Hall–Kier alpha value is -0.240. The van der Waals surface area contributed by atoms with E-state index in [4.69, 9.17) is 9.47 Å². The van der Waals surface area contributed by atoms with Crippen LogP contribution in [-0.4, -0.2) is 101 Å². The van der Waals surface area contributed by atoms with Gasteiger partial charge in [0.1, 0.15) is 0 Å². The van der Waals surface area contributed by atoms with Crippen LogP contribution in [0.5, 0.6) is 0 Å². The highest BCUT2D eigenvalue weighted by Gasteiger charge is 2.16. The Morgan fingerprint density at radius 2 is 1.25 bits per heavy atom. The van der Waals surface area contributed by atoms with E-state index in [1.807, 2.05) is 0 Å². The van der Waals surface area contributed by atoms with Gasteiger partial charge in [-0.05, 0) is 25.7 Å². The van der Waals surface area contributed by atoms with Crippen LogP contribution < -0.4 is 10.6 Å². The van der Waals surface area contributed by atoms with Crippen molar-refractivity contribution in [1.82, 2.24) is 20.4 Å². The van der Waals surface area contributed by atoms with E-state index < -0.39 is 0 Å². The van der Waals surface area contributed by atoms with Gasteiger partial charge >= 0.3 is 0 Å². The molecule has 0 bridgehead atoms. The number of hydrogen-bond donors (Lipinski definition) is 2. The lowest BCUT2D eigenvalue weighted by Gasteiger charge is -2.34. The molecule has 0 aliphatic carbocycles. The van der Waals surface area contributed by atoms with E-state index in [-0.39, 0.29) is 5.54 Å². The molecule has 2 N–H and O–H groups in total. The van der Waals surface area contributed by atoms with Gasteiger partial charge in [0.25, 0.3) is 0 Å². The second-order valence-electron chi connectivity index (χ2n) is 9.81. The molecule has 28 heavy (non-hydrogen) atoms. The van der Waals surface area contributed by atoms with E-state index >= 15 is 0 Å². The zero-order chi connectivity index (χ0) is 20.9. The molecule has 6 heteroatoms. The summed E-state index contributed by atoms with van der Waals surface area (Å²) in [6.45, 7) is 26.2. The normalized spacial score (nSPS) is 17.4. The van der Waals surface area contributed by atoms with Crippen molar-refractivity contribution in [3.63, 3.8) is 0 Å². The molecule has 1 fully saturated rings. The van der Waals surface area contributed by atoms with Gasteiger partial charge in [-0.2, -0.15) is 0 Å². The van der Waals surface area contributed by atoms with E-state index in [0.717, 1.165) is 91.8 Å². The van der Waals surface area contributed by atoms with Gasteiger partial charge in [-0.1, -0.05) is 27.7 Å². The Kier molecular flexibility index (Phi) is 12.8. The lowest BCUT2D eigenvalue weighted by molar-refractivity contribution is 0.0567. The smallest absolute Gasteiger partial charge is 0.0594 e. The molecule has 0 unspecified atom stereocenters. The van der Waals surface area contributed by atoms with Crippen LogP contribution in [0.4, 0.5) is 0 Å². The van der Waals surface area contributed by atoms with E-state index in [9.17, 15) is 0 Å².